The second-order valence-electron chi connectivity index (χ2n) is 2.83. The summed E-state index contributed by atoms with van der Waals surface area (Å²) in [6.07, 6.45) is 0. The monoisotopic (exact) mass is 253 g/mol. The maximum absolute atomic E-state index is 12.8. The highest BCUT2D eigenvalue weighted by Crippen LogP contribution is 2.14. The van der Waals surface area contributed by atoms with Gasteiger partial charge in [0.25, 0.3) is 5.92 Å². The van der Waals surface area contributed by atoms with E-state index < -0.39 is 19.0 Å². The van der Waals surface area contributed by atoms with Gasteiger partial charge in [0.2, 0.25) is 11.2 Å². The summed E-state index contributed by atoms with van der Waals surface area (Å²) >= 11 is 5.52. The number of alkyl halides is 2. The van der Waals surface area contributed by atoms with Crippen LogP contribution >= 0.6 is 11.6 Å². The number of nitrogens with one attached hydrogen (secondary N) is 1. The third-order valence-corrected chi connectivity index (χ3v) is 1.74. The minimum absolute atomic E-state index is 0.0569. The van der Waals surface area contributed by atoms with Gasteiger partial charge in [-0.25, -0.2) is 8.78 Å². The highest BCUT2D eigenvalue weighted by molar-refractivity contribution is 6.28. The quantitative estimate of drug-likeness (QED) is 0.797. The number of hydrogen-bond donors (Lipinski definition) is 2. The molecule has 0 spiro atoms. The van der Waals surface area contributed by atoms with Crippen molar-refractivity contribution in [3.63, 3.8) is 0 Å². The van der Waals surface area contributed by atoms with Crippen molar-refractivity contribution in [1.29, 1.82) is 0 Å². The first-order valence-electron chi connectivity index (χ1n) is 4.24. The molecule has 0 radical (unpaired) electrons. The van der Waals surface area contributed by atoms with Gasteiger partial charge in [-0.1, -0.05) is 0 Å². The molecule has 0 saturated heterocycles. The van der Waals surface area contributed by atoms with Gasteiger partial charge in [-0.3, -0.25) is 0 Å². The number of nitrogens with zero attached hydrogens (tertiary/aromatic N) is 3. The second kappa shape index (κ2) is 5.17. The van der Waals surface area contributed by atoms with E-state index in [0.29, 0.717) is 0 Å². The molecule has 1 rings (SSSR count). The van der Waals surface area contributed by atoms with Gasteiger partial charge in [0, 0.05) is 0 Å². The summed E-state index contributed by atoms with van der Waals surface area (Å²) in [5, 5.41) is 2.15. The molecule has 0 fully saturated rings. The number of ether oxygens (including phenoxy) is 1. The van der Waals surface area contributed by atoms with E-state index in [1.54, 1.807) is 0 Å². The molecule has 0 aromatic carbocycles. The lowest BCUT2D eigenvalue weighted by atomic mass is 10.3. The number of nitrogens with two attached hydrogens (primary N) is 1. The van der Waals surface area contributed by atoms with Crippen LogP contribution in [0.3, 0.4) is 0 Å². The summed E-state index contributed by atoms with van der Waals surface area (Å²) in [4.78, 5) is 10.9. The van der Waals surface area contributed by atoms with Crippen molar-refractivity contribution >= 4 is 17.5 Å². The molecule has 0 bridgehead atoms. The molecule has 0 atom stereocenters. The van der Waals surface area contributed by atoms with E-state index in [2.05, 4.69) is 20.3 Å². The molecule has 0 unspecified atom stereocenters. The van der Waals surface area contributed by atoms with Gasteiger partial charge in [-0.05, 0) is 11.6 Å². The van der Waals surface area contributed by atoms with Crippen LogP contribution in [-0.2, 0) is 0 Å². The number of aromatic nitrogens is 3. The van der Waals surface area contributed by atoms with Crippen LogP contribution in [0.2, 0.25) is 5.28 Å². The van der Waals surface area contributed by atoms with Crippen LogP contribution < -0.4 is 15.8 Å². The highest BCUT2D eigenvalue weighted by atomic mass is 35.5. The first kappa shape index (κ1) is 12.8. The molecule has 0 aliphatic rings. The maximum atomic E-state index is 12.8. The zero-order valence-electron chi connectivity index (χ0n) is 8.38. The molecule has 0 aliphatic heterocycles. The second-order valence-corrected chi connectivity index (χ2v) is 3.17. The Morgan fingerprint density at radius 1 is 1.44 bits per heavy atom. The number of rotatable bonds is 5. The Bertz CT molecular complexity index is 365. The minimum atomic E-state index is -3.04. The molecule has 1 aromatic heterocycles. The third-order valence-electron chi connectivity index (χ3n) is 1.57. The molecule has 16 heavy (non-hydrogen) atoms. The van der Waals surface area contributed by atoms with Crippen molar-refractivity contribution in [3.8, 4) is 6.01 Å². The molecular weight excluding hydrogens is 244 g/mol. The Morgan fingerprint density at radius 2 is 2.12 bits per heavy atom. The molecule has 0 saturated carbocycles. The average Bonchev–Trinajstić information content (AvgIpc) is 2.26. The number of halogens is 3. The van der Waals surface area contributed by atoms with Gasteiger partial charge in [0.05, 0.1) is 20.2 Å². The largest absolute Gasteiger partial charge is 0.467 e. The Labute approximate surface area is 95.2 Å². The van der Waals surface area contributed by atoms with E-state index in [9.17, 15) is 8.78 Å². The summed E-state index contributed by atoms with van der Waals surface area (Å²) in [6, 6.07) is -0.0569. The van der Waals surface area contributed by atoms with Crippen LogP contribution in [0.25, 0.3) is 0 Å². The van der Waals surface area contributed by atoms with E-state index in [0.717, 1.165) is 0 Å². The summed E-state index contributed by atoms with van der Waals surface area (Å²) < 4.78 is 30.3. The molecule has 9 heteroatoms. The molecule has 0 amide bonds. The standard InChI is InChI=1S/C7H10ClF2N5O/c1-16-6-14-4(8)13-5(15-6)12-3-7(9,10)2-11/h2-3,11H2,1H3,(H,12,13,14,15). The predicted molar refractivity (Wildman–Crippen MR) is 53.9 cm³/mol. The molecular formula is C7H10ClF2N5O. The van der Waals surface area contributed by atoms with Crippen molar-refractivity contribution in [3.05, 3.63) is 5.28 Å². The van der Waals surface area contributed by atoms with E-state index in [4.69, 9.17) is 22.1 Å². The lowest BCUT2D eigenvalue weighted by molar-refractivity contribution is 0.0252. The van der Waals surface area contributed by atoms with Crippen molar-refractivity contribution in [2.45, 2.75) is 5.92 Å². The maximum Gasteiger partial charge on any atom is 0.322 e. The van der Waals surface area contributed by atoms with Crippen LogP contribution in [0.1, 0.15) is 0 Å². The fraction of sp³-hybridized carbons (Fsp3) is 0.571. The first-order chi connectivity index (χ1) is 7.46. The van der Waals surface area contributed by atoms with Crippen molar-refractivity contribution in [2.75, 3.05) is 25.5 Å². The van der Waals surface area contributed by atoms with Gasteiger partial charge in [-0.2, -0.15) is 15.0 Å². The predicted octanol–water partition coefficient (Wildman–Crippen LogP) is 0.539. The summed E-state index contributed by atoms with van der Waals surface area (Å²) in [6.45, 7) is -1.46. The van der Waals surface area contributed by atoms with Crippen molar-refractivity contribution in [1.82, 2.24) is 15.0 Å². The van der Waals surface area contributed by atoms with Crippen LogP contribution in [0, 0.1) is 0 Å². The zero-order chi connectivity index (χ0) is 12.2. The Kier molecular flexibility index (Phi) is 4.13. The van der Waals surface area contributed by atoms with Crippen molar-refractivity contribution in [2.24, 2.45) is 5.73 Å². The smallest absolute Gasteiger partial charge is 0.322 e. The van der Waals surface area contributed by atoms with Crippen LogP contribution in [0.4, 0.5) is 14.7 Å². The number of anilines is 1. The van der Waals surface area contributed by atoms with Crippen LogP contribution in [0.5, 0.6) is 6.01 Å². The third kappa shape index (κ3) is 3.70. The number of methoxy groups -OCH3 is 1. The minimum Gasteiger partial charge on any atom is -0.467 e. The Hall–Kier alpha value is -1.28. The lowest BCUT2D eigenvalue weighted by Crippen LogP contribution is -2.35. The topological polar surface area (TPSA) is 86.0 Å². The molecule has 1 heterocycles. The van der Waals surface area contributed by atoms with Crippen molar-refractivity contribution < 1.29 is 13.5 Å². The summed E-state index contributed by atoms with van der Waals surface area (Å²) in [5.74, 6) is -3.13. The fourth-order valence-corrected chi connectivity index (χ4v) is 0.935. The van der Waals surface area contributed by atoms with E-state index in [-0.39, 0.29) is 17.2 Å². The Morgan fingerprint density at radius 3 is 2.69 bits per heavy atom. The van der Waals surface area contributed by atoms with Crippen LogP contribution in [-0.4, -0.2) is 41.1 Å². The molecule has 1 aromatic rings. The molecule has 6 nitrogen and oxygen atoms in total. The van der Waals surface area contributed by atoms with Crippen LogP contribution in [0.15, 0.2) is 0 Å². The molecule has 3 N–H and O–H groups in total. The zero-order valence-corrected chi connectivity index (χ0v) is 9.13. The number of hydrogen-bond acceptors (Lipinski definition) is 6. The van der Waals surface area contributed by atoms with Gasteiger partial charge in [0.1, 0.15) is 0 Å². The van der Waals surface area contributed by atoms with Gasteiger partial charge in [0.15, 0.2) is 0 Å². The molecule has 0 aliphatic carbocycles. The molecule has 90 valence electrons. The summed E-state index contributed by atoms with van der Waals surface area (Å²) in [7, 11) is 1.32. The fourth-order valence-electron chi connectivity index (χ4n) is 0.783. The van der Waals surface area contributed by atoms with Gasteiger partial charge < -0.3 is 15.8 Å². The van der Waals surface area contributed by atoms with Gasteiger partial charge >= 0.3 is 6.01 Å². The average molecular weight is 254 g/mol. The van der Waals surface area contributed by atoms with E-state index in [1.807, 2.05) is 0 Å². The normalized spacial score (nSPS) is 11.3. The summed E-state index contributed by atoms with van der Waals surface area (Å²) in [5.41, 5.74) is 4.86. The first-order valence-corrected chi connectivity index (χ1v) is 4.62. The van der Waals surface area contributed by atoms with E-state index in [1.165, 1.54) is 7.11 Å². The lowest BCUT2D eigenvalue weighted by Gasteiger charge is -2.14. The van der Waals surface area contributed by atoms with E-state index >= 15 is 0 Å². The van der Waals surface area contributed by atoms with Gasteiger partial charge in [-0.15, -0.1) is 0 Å². The Balaban J connectivity index is 2.70. The highest BCUT2D eigenvalue weighted by Gasteiger charge is 2.26. The SMILES string of the molecule is COc1nc(Cl)nc(NCC(F)(F)CN)n1.